The Bertz CT molecular complexity index is 1340. The summed E-state index contributed by atoms with van der Waals surface area (Å²) in [6.07, 6.45) is 0. The average Bonchev–Trinajstić information content (AvgIpc) is 2.83. The van der Waals surface area contributed by atoms with E-state index in [1.807, 2.05) is 113 Å². The van der Waals surface area contributed by atoms with Crippen molar-refractivity contribution in [3.05, 3.63) is 115 Å². The van der Waals surface area contributed by atoms with Gasteiger partial charge in [0.25, 0.3) is 0 Å². The van der Waals surface area contributed by atoms with Gasteiger partial charge in [0, 0.05) is 9.79 Å². The van der Waals surface area contributed by atoms with Crippen LogP contribution in [0.3, 0.4) is 0 Å². The molecule has 4 aromatic carbocycles. The minimum atomic E-state index is -4.16. The van der Waals surface area contributed by atoms with Crippen LogP contribution in [-0.2, 0) is 13.7 Å². The summed E-state index contributed by atoms with van der Waals surface area (Å²) in [6.45, 7) is 7.82. The van der Waals surface area contributed by atoms with E-state index >= 15 is 0 Å². The molecular weight excluding hydrogens is 476 g/mol. The van der Waals surface area contributed by atoms with Gasteiger partial charge in [-0.25, -0.2) is 3.63 Å². The molecule has 0 fully saturated rings. The van der Waals surface area contributed by atoms with Crippen LogP contribution >= 0.6 is 10.3 Å². The van der Waals surface area contributed by atoms with E-state index in [1.54, 1.807) is 24.3 Å². The second-order valence-electron chi connectivity index (χ2n) is 9.18. The molecule has 4 rings (SSSR count). The first kappa shape index (κ1) is 25.0. The monoisotopic (exact) mass is 506 g/mol. The zero-order chi connectivity index (χ0) is 25.1. The number of rotatable bonds is 7. The van der Waals surface area contributed by atoms with Crippen molar-refractivity contribution in [1.29, 1.82) is 0 Å². The highest BCUT2D eigenvalue weighted by Gasteiger charge is 2.40. The summed E-state index contributed by atoms with van der Waals surface area (Å²) in [5.74, 6) is 0.585. The van der Waals surface area contributed by atoms with Crippen LogP contribution < -0.4 is 4.74 Å². The van der Waals surface area contributed by atoms with Gasteiger partial charge in [-0.1, -0.05) is 66.2 Å². The molecular formula is C29H30O4S2. The maximum absolute atomic E-state index is 13.8. The van der Waals surface area contributed by atoms with Gasteiger partial charge in [-0.15, -0.1) is 0 Å². The fourth-order valence-electron chi connectivity index (χ4n) is 3.71. The van der Waals surface area contributed by atoms with Gasteiger partial charge in [-0.2, -0.15) is 8.42 Å². The second-order valence-corrected chi connectivity index (χ2v) is 13.6. The smallest absolute Gasteiger partial charge is 0.307 e. The summed E-state index contributed by atoms with van der Waals surface area (Å²) < 4.78 is 40.5. The van der Waals surface area contributed by atoms with Crippen molar-refractivity contribution in [2.45, 2.75) is 52.9 Å². The Balaban J connectivity index is 2.05. The molecule has 0 heterocycles. The lowest BCUT2D eigenvalue weighted by atomic mass is 10.2. The van der Waals surface area contributed by atoms with E-state index in [-0.39, 0.29) is 4.90 Å². The van der Waals surface area contributed by atoms with Gasteiger partial charge in [0.1, 0.15) is 11.4 Å². The number of hydrogen-bond acceptors (Lipinski definition) is 4. The average molecular weight is 507 g/mol. The van der Waals surface area contributed by atoms with Gasteiger partial charge in [0.2, 0.25) is 0 Å². The predicted molar refractivity (Wildman–Crippen MR) is 142 cm³/mol. The Kier molecular flexibility index (Phi) is 7.08. The molecule has 6 heteroatoms. The van der Waals surface area contributed by atoms with Crippen LogP contribution in [0.25, 0.3) is 0 Å². The topological polar surface area (TPSA) is 52.6 Å². The van der Waals surface area contributed by atoms with E-state index in [4.69, 9.17) is 8.37 Å². The molecule has 0 radical (unpaired) electrons. The van der Waals surface area contributed by atoms with Crippen LogP contribution in [-0.4, -0.2) is 14.0 Å². The van der Waals surface area contributed by atoms with Gasteiger partial charge in [-0.05, 0) is 86.5 Å². The highest BCUT2D eigenvalue weighted by atomic mass is 32.3. The van der Waals surface area contributed by atoms with Gasteiger partial charge < -0.3 is 4.74 Å². The minimum absolute atomic E-state index is 0.112. The van der Waals surface area contributed by atoms with Crippen LogP contribution in [0.2, 0.25) is 0 Å². The first-order chi connectivity index (χ1) is 16.6. The van der Waals surface area contributed by atoms with Crippen molar-refractivity contribution < 1.29 is 16.8 Å². The molecule has 0 aliphatic carbocycles. The zero-order valence-electron chi connectivity index (χ0n) is 20.3. The SMILES string of the molecule is Cc1ccc(S(=O)(=O)OS(c2ccccc2)(c2ccccc2)c2ccccc2OC(C)(C)C)cc1. The number of aryl methyl sites for hydroxylation is 1. The maximum atomic E-state index is 13.8. The van der Waals surface area contributed by atoms with Gasteiger partial charge >= 0.3 is 10.1 Å². The van der Waals surface area contributed by atoms with Gasteiger partial charge in [-0.3, -0.25) is 0 Å². The summed E-state index contributed by atoms with van der Waals surface area (Å²) in [7, 11) is -6.92. The summed E-state index contributed by atoms with van der Waals surface area (Å²) in [6, 6.07) is 33.3. The third-order valence-electron chi connectivity index (χ3n) is 5.23. The highest BCUT2D eigenvalue weighted by Crippen LogP contribution is 2.72. The van der Waals surface area contributed by atoms with Crippen molar-refractivity contribution >= 4 is 20.4 Å². The highest BCUT2D eigenvalue weighted by molar-refractivity contribution is 8.33. The molecule has 0 aliphatic heterocycles. The Labute approximate surface area is 210 Å². The number of ether oxygens (including phenoxy) is 1. The summed E-state index contributed by atoms with van der Waals surface area (Å²) in [5, 5.41) is 0. The Morgan fingerprint density at radius 3 is 1.60 bits per heavy atom. The normalized spacial score (nSPS) is 12.8. The third kappa shape index (κ3) is 5.45. The van der Waals surface area contributed by atoms with Crippen LogP contribution in [0.15, 0.2) is 129 Å². The first-order valence-electron chi connectivity index (χ1n) is 11.4. The third-order valence-corrected chi connectivity index (χ3v) is 10.4. The minimum Gasteiger partial charge on any atom is -0.487 e. The Morgan fingerprint density at radius 1 is 0.600 bits per heavy atom. The molecule has 0 atom stereocenters. The largest absolute Gasteiger partial charge is 0.487 e. The van der Waals surface area contributed by atoms with E-state index < -0.39 is 26.0 Å². The fraction of sp³-hybridized carbons (Fsp3) is 0.172. The molecule has 0 saturated carbocycles. The molecule has 0 unspecified atom stereocenters. The van der Waals surface area contributed by atoms with Gasteiger partial charge in [0.05, 0.1) is 9.79 Å². The number of benzene rings is 4. The summed E-state index contributed by atoms with van der Waals surface area (Å²) >= 11 is 0. The first-order valence-corrected chi connectivity index (χ1v) is 14.3. The standard InChI is InChI=1S/C29H30O4S2/c1-23-19-21-26(22-20-23)35(30,31)33-34(24-13-7-5-8-14-24,25-15-9-6-10-16-25)28-18-12-11-17-27(28)32-29(2,3)4/h5-22H,1-4H3. The predicted octanol–water partition coefficient (Wildman–Crippen LogP) is 7.77. The number of hydrogen-bond donors (Lipinski definition) is 0. The van der Waals surface area contributed by atoms with Crippen LogP contribution in [0, 0.1) is 6.92 Å². The lowest BCUT2D eigenvalue weighted by molar-refractivity contribution is 0.126. The maximum Gasteiger partial charge on any atom is 0.307 e. The van der Waals surface area contributed by atoms with Gasteiger partial charge in [0.15, 0.2) is 0 Å². The molecule has 0 amide bonds. The molecule has 182 valence electrons. The second kappa shape index (κ2) is 9.90. The Hall–Kier alpha value is -3.06. The van der Waals surface area contributed by atoms with Crippen molar-refractivity contribution in [3.8, 4) is 5.75 Å². The van der Waals surface area contributed by atoms with Crippen molar-refractivity contribution in [3.63, 3.8) is 0 Å². The molecule has 4 nitrogen and oxygen atoms in total. The van der Waals surface area contributed by atoms with Crippen LogP contribution in [0.4, 0.5) is 0 Å². The van der Waals surface area contributed by atoms with Crippen molar-refractivity contribution in [2.75, 3.05) is 0 Å². The molecule has 0 saturated heterocycles. The van der Waals surface area contributed by atoms with E-state index in [1.165, 1.54) is 0 Å². The summed E-state index contributed by atoms with van der Waals surface area (Å²) in [4.78, 5) is 2.31. The van der Waals surface area contributed by atoms with Crippen molar-refractivity contribution in [1.82, 2.24) is 0 Å². The molecule has 0 aliphatic rings. The zero-order valence-corrected chi connectivity index (χ0v) is 22.0. The lowest BCUT2D eigenvalue weighted by Gasteiger charge is -2.40. The quantitative estimate of drug-likeness (QED) is 0.257. The van der Waals surface area contributed by atoms with E-state index in [2.05, 4.69) is 0 Å². The van der Waals surface area contributed by atoms with E-state index in [9.17, 15) is 8.42 Å². The summed E-state index contributed by atoms with van der Waals surface area (Å²) in [5.41, 5.74) is 0.474. The van der Waals surface area contributed by atoms with Crippen molar-refractivity contribution in [2.24, 2.45) is 0 Å². The molecule has 0 spiro atoms. The van der Waals surface area contributed by atoms with E-state index in [0.717, 1.165) is 15.4 Å². The van der Waals surface area contributed by atoms with Crippen LogP contribution in [0.5, 0.6) is 5.75 Å². The molecule has 0 N–H and O–H groups in total. The van der Waals surface area contributed by atoms with E-state index in [0.29, 0.717) is 10.6 Å². The fourth-order valence-corrected chi connectivity index (χ4v) is 9.01. The molecule has 0 aromatic heterocycles. The molecule has 4 aromatic rings. The molecule has 0 bridgehead atoms. The lowest BCUT2D eigenvalue weighted by Crippen LogP contribution is -2.24. The van der Waals surface area contributed by atoms with Crippen LogP contribution in [0.1, 0.15) is 26.3 Å². The molecule has 35 heavy (non-hydrogen) atoms. The number of para-hydroxylation sites is 1. The Morgan fingerprint density at radius 2 is 1.09 bits per heavy atom.